The molecule has 0 saturated heterocycles. The lowest BCUT2D eigenvalue weighted by molar-refractivity contribution is -0.101. The van der Waals surface area contributed by atoms with Gasteiger partial charge in [-0.05, 0) is 54.6 Å². The summed E-state index contributed by atoms with van der Waals surface area (Å²) in [6.45, 7) is 0. The quantitative estimate of drug-likeness (QED) is 0.0586. The molecule has 0 bridgehead atoms. The van der Waals surface area contributed by atoms with Crippen LogP contribution < -0.4 is 9.78 Å². The number of hydrogen-bond acceptors (Lipinski definition) is 10. The minimum absolute atomic E-state index is 0.273. The van der Waals surface area contributed by atoms with E-state index in [2.05, 4.69) is 15.4 Å². The molecule has 274 valence electrons. The van der Waals surface area contributed by atoms with Crippen molar-refractivity contribution in [3.8, 4) is 56.5 Å². The molecule has 4 heterocycles. The zero-order valence-electron chi connectivity index (χ0n) is 29.0. The van der Waals surface area contributed by atoms with Gasteiger partial charge in [-0.15, -0.1) is 9.35 Å². The standard InChI is InChI=1S/C42H28N4O8P2/c47-55(48)53-51-33-8-2-6-31(23-33)37-20-16-27-12-10-25-14-18-35(43-39(25)41(27)45-37)29-4-1-5-30(22-29)36-19-15-26-11-13-28-17-21-38(46-42(28)40(26)44-36)32-7-3-9-34(24-32)52-54-56(49)50/h1-24,55-56H,(H,47,48)(H,49,50). The van der Waals surface area contributed by atoms with Crippen LogP contribution in [0.5, 0.6) is 11.5 Å². The van der Waals surface area contributed by atoms with E-state index in [0.29, 0.717) is 11.4 Å². The van der Waals surface area contributed by atoms with E-state index in [9.17, 15) is 9.13 Å². The second kappa shape index (κ2) is 15.1. The number of rotatable bonds is 10. The van der Waals surface area contributed by atoms with Crippen LogP contribution in [0.4, 0.5) is 0 Å². The van der Waals surface area contributed by atoms with Crippen LogP contribution in [0.25, 0.3) is 88.6 Å². The molecule has 0 spiro atoms. The van der Waals surface area contributed by atoms with E-state index in [1.165, 1.54) is 0 Å². The summed E-state index contributed by atoms with van der Waals surface area (Å²) in [4.78, 5) is 48.2. The Balaban J connectivity index is 1.07. The highest BCUT2D eigenvalue weighted by Crippen LogP contribution is 2.34. The highest BCUT2D eigenvalue weighted by Gasteiger charge is 2.13. The van der Waals surface area contributed by atoms with Crippen LogP contribution in [0.15, 0.2) is 146 Å². The predicted molar refractivity (Wildman–Crippen MR) is 215 cm³/mol. The van der Waals surface area contributed by atoms with E-state index in [1.54, 1.807) is 36.4 Å². The van der Waals surface area contributed by atoms with Gasteiger partial charge < -0.3 is 19.6 Å². The molecule has 2 unspecified atom stereocenters. The van der Waals surface area contributed by atoms with Gasteiger partial charge in [0.05, 0.1) is 44.8 Å². The molecule has 2 atom stereocenters. The number of pyridine rings is 4. The van der Waals surface area contributed by atoms with Gasteiger partial charge in [0.2, 0.25) is 0 Å². The lowest BCUT2D eigenvalue weighted by Crippen LogP contribution is -1.93. The van der Waals surface area contributed by atoms with Crippen molar-refractivity contribution in [2.45, 2.75) is 0 Å². The first-order valence-electron chi connectivity index (χ1n) is 17.2. The van der Waals surface area contributed by atoms with Crippen molar-refractivity contribution in [3.05, 3.63) is 146 Å². The molecular weight excluding hydrogens is 750 g/mol. The first kappa shape index (κ1) is 35.3. The summed E-state index contributed by atoms with van der Waals surface area (Å²) in [6.07, 6.45) is 0. The van der Waals surface area contributed by atoms with Crippen LogP contribution in [0.1, 0.15) is 0 Å². The van der Waals surface area contributed by atoms with Crippen LogP contribution in [0.3, 0.4) is 0 Å². The highest BCUT2D eigenvalue weighted by molar-refractivity contribution is 7.32. The summed E-state index contributed by atoms with van der Waals surface area (Å²) in [7, 11) is -6.51. The first-order chi connectivity index (χ1) is 27.3. The normalized spacial score (nSPS) is 12.6. The summed E-state index contributed by atoms with van der Waals surface area (Å²) in [6, 6.07) is 45.9. The molecule has 0 saturated carbocycles. The Hall–Kier alpha value is -6.36. The Morgan fingerprint density at radius 2 is 0.661 bits per heavy atom. The average Bonchev–Trinajstić information content (AvgIpc) is 3.24. The molecule has 4 aromatic heterocycles. The fourth-order valence-corrected chi connectivity index (χ4v) is 6.93. The molecule has 5 aromatic carbocycles. The van der Waals surface area contributed by atoms with Crippen LogP contribution in [-0.4, -0.2) is 29.7 Å². The van der Waals surface area contributed by atoms with Gasteiger partial charge in [-0.3, -0.25) is 9.13 Å². The van der Waals surface area contributed by atoms with Crippen molar-refractivity contribution in [2.24, 2.45) is 0 Å². The zero-order chi connectivity index (χ0) is 38.2. The molecule has 0 amide bonds. The van der Waals surface area contributed by atoms with Crippen LogP contribution in [-0.2, 0) is 18.5 Å². The summed E-state index contributed by atoms with van der Waals surface area (Å²) < 4.78 is 30.9. The van der Waals surface area contributed by atoms with Crippen LogP contribution >= 0.6 is 16.5 Å². The minimum Gasteiger partial charge on any atom is -0.329 e. The van der Waals surface area contributed by atoms with Gasteiger partial charge in [0.1, 0.15) is 0 Å². The summed E-state index contributed by atoms with van der Waals surface area (Å²) in [5.74, 6) is 0.546. The molecule has 0 aliphatic carbocycles. The van der Waals surface area contributed by atoms with Gasteiger partial charge >= 0.3 is 16.5 Å². The fourth-order valence-electron chi connectivity index (χ4n) is 6.60. The SMILES string of the molecule is O=[PH](O)OOc1cccc(-c2ccc3ccc4ccc(-c5cccc(-c6ccc7ccc8ccc(-c9cccc(OO[PH](=O)O)c9)nc8c7n6)c5)nc4c3n2)c1. The maximum Gasteiger partial charge on any atom is 0.355 e. The second-order valence-electron chi connectivity index (χ2n) is 12.7. The zero-order valence-corrected chi connectivity index (χ0v) is 31.0. The maximum atomic E-state index is 11.0. The van der Waals surface area contributed by atoms with E-state index < -0.39 is 16.5 Å². The van der Waals surface area contributed by atoms with E-state index in [1.807, 2.05) is 103 Å². The third-order valence-corrected chi connectivity index (χ3v) is 9.62. The largest absolute Gasteiger partial charge is 0.355 e. The van der Waals surface area contributed by atoms with E-state index >= 15 is 0 Å². The topological polar surface area (TPSA) is 163 Å². The molecule has 9 aromatic rings. The Morgan fingerprint density at radius 3 is 0.982 bits per heavy atom. The van der Waals surface area contributed by atoms with E-state index in [4.69, 9.17) is 39.5 Å². The maximum absolute atomic E-state index is 11.0. The molecular formula is C42H28N4O8P2. The fraction of sp³-hybridized carbons (Fsp3) is 0. The smallest absolute Gasteiger partial charge is 0.329 e. The predicted octanol–water partition coefficient (Wildman–Crippen LogP) is 9.93. The lowest BCUT2D eigenvalue weighted by Gasteiger charge is -2.10. The van der Waals surface area contributed by atoms with Crippen molar-refractivity contribution in [2.75, 3.05) is 0 Å². The Labute approximate surface area is 319 Å². The molecule has 0 radical (unpaired) electrons. The minimum atomic E-state index is -3.26. The van der Waals surface area contributed by atoms with Gasteiger partial charge in [0.25, 0.3) is 0 Å². The van der Waals surface area contributed by atoms with Crippen molar-refractivity contribution in [1.82, 2.24) is 19.9 Å². The average molecular weight is 779 g/mol. The van der Waals surface area contributed by atoms with Gasteiger partial charge in [0, 0.05) is 43.8 Å². The molecule has 0 fully saturated rings. The highest BCUT2D eigenvalue weighted by atomic mass is 31.1. The van der Waals surface area contributed by atoms with E-state index in [0.717, 1.165) is 77.3 Å². The number of aromatic nitrogens is 4. The van der Waals surface area contributed by atoms with E-state index in [-0.39, 0.29) is 11.5 Å². The van der Waals surface area contributed by atoms with Crippen molar-refractivity contribution in [3.63, 3.8) is 0 Å². The number of fused-ring (bicyclic) bond motifs is 6. The molecule has 0 aliphatic rings. The summed E-state index contributed by atoms with van der Waals surface area (Å²) >= 11 is 0. The third kappa shape index (κ3) is 7.24. The second-order valence-corrected chi connectivity index (χ2v) is 14.1. The monoisotopic (exact) mass is 778 g/mol. The Bertz CT molecular complexity index is 2840. The van der Waals surface area contributed by atoms with Gasteiger partial charge in [-0.1, -0.05) is 91.0 Å². The van der Waals surface area contributed by atoms with Gasteiger partial charge in [0.15, 0.2) is 11.5 Å². The Kier molecular flexibility index (Phi) is 9.50. The summed E-state index contributed by atoms with van der Waals surface area (Å²) in [5.41, 5.74) is 9.12. The molecule has 14 heteroatoms. The van der Waals surface area contributed by atoms with Crippen molar-refractivity contribution in [1.29, 1.82) is 0 Å². The number of nitrogens with zero attached hydrogens (tertiary/aromatic N) is 4. The van der Waals surface area contributed by atoms with Crippen molar-refractivity contribution < 1.29 is 38.0 Å². The van der Waals surface area contributed by atoms with Crippen LogP contribution in [0.2, 0.25) is 0 Å². The lowest BCUT2D eigenvalue weighted by atomic mass is 10.0. The van der Waals surface area contributed by atoms with Gasteiger partial charge in [-0.25, -0.2) is 19.9 Å². The summed E-state index contributed by atoms with van der Waals surface area (Å²) in [5, 5.41) is 3.72. The van der Waals surface area contributed by atoms with Crippen LogP contribution in [0, 0.1) is 0 Å². The third-order valence-electron chi connectivity index (χ3n) is 9.17. The molecule has 0 aliphatic heterocycles. The molecule has 2 N–H and O–H groups in total. The molecule has 56 heavy (non-hydrogen) atoms. The van der Waals surface area contributed by atoms with Gasteiger partial charge in [-0.2, -0.15) is 0 Å². The number of hydrogen-bond donors (Lipinski definition) is 2. The molecule has 12 nitrogen and oxygen atoms in total. The number of benzene rings is 5. The molecule has 9 rings (SSSR count). The van der Waals surface area contributed by atoms with Crippen molar-refractivity contribution >= 4 is 60.1 Å². The first-order valence-corrected chi connectivity index (χ1v) is 19.7. The Morgan fingerprint density at radius 1 is 0.375 bits per heavy atom.